The highest BCUT2D eigenvalue weighted by atomic mass is 16.5. The summed E-state index contributed by atoms with van der Waals surface area (Å²) in [5.41, 5.74) is 2.56. The topological polar surface area (TPSA) is 37.5 Å². The first-order valence-corrected chi connectivity index (χ1v) is 8.41. The molecule has 0 amide bonds. The summed E-state index contributed by atoms with van der Waals surface area (Å²) in [6, 6.07) is 23.0. The molecule has 3 nitrogen and oxygen atoms in total. The van der Waals surface area contributed by atoms with Crippen LogP contribution in [0.3, 0.4) is 0 Å². The van der Waals surface area contributed by atoms with Gasteiger partial charge in [0.25, 0.3) is 0 Å². The highest BCUT2D eigenvalue weighted by molar-refractivity contribution is 5.57. The third-order valence-electron chi connectivity index (χ3n) is 4.78. The van der Waals surface area contributed by atoms with Crippen LogP contribution in [0.4, 0.5) is 0 Å². The van der Waals surface area contributed by atoms with Crippen LogP contribution >= 0.6 is 0 Å². The van der Waals surface area contributed by atoms with Gasteiger partial charge in [-0.15, -0.1) is 0 Å². The maximum Gasteiger partial charge on any atom is 0.232 e. The van der Waals surface area contributed by atoms with Gasteiger partial charge >= 0.3 is 0 Å². The predicted octanol–water partition coefficient (Wildman–Crippen LogP) is 2.42. The molecule has 2 aromatic rings. The van der Waals surface area contributed by atoms with Gasteiger partial charge < -0.3 is 9.64 Å². The lowest BCUT2D eigenvalue weighted by Gasteiger charge is -2.38. The largest absolute Gasteiger partial charge is 0.370 e. The Balaban J connectivity index is 2.10. The second kappa shape index (κ2) is 7.44. The number of nitriles is 1. The van der Waals surface area contributed by atoms with Crippen LogP contribution < -0.4 is 4.90 Å². The lowest BCUT2D eigenvalue weighted by molar-refractivity contribution is -0.952. The zero-order chi connectivity index (χ0) is 16.8. The molecule has 1 aliphatic heterocycles. The third-order valence-corrected chi connectivity index (χ3v) is 4.78. The Hall–Kier alpha value is -2.41. The number of hydrogen-bond donors (Lipinski definition) is 1. The molecule has 0 saturated carbocycles. The fraction of sp³-hybridized carbons (Fsp3) is 0.286. The normalized spacial score (nSPS) is 18.6. The van der Waals surface area contributed by atoms with Gasteiger partial charge in [0.15, 0.2) is 0 Å². The average Bonchev–Trinajstić information content (AvgIpc) is 2.65. The number of ether oxygens (including phenoxy) is 1. The molecule has 0 radical (unpaired) electrons. The predicted molar refractivity (Wildman–Crippen MR) is 95.3 cm³/mol. The molecular formula is C21H23N2O+. The van der Waals surface area contributed by atoms with Gasteiger partial charge in [-0.1, -0.05) is 60.7 Å². The zero-order valence-electron chi connectivity index (χ0n) is 14.0. The number of morpholine rings is 1. The van der Waals surface area contributed by atoms with Crippen molar-refractivity contribution in [2.24, 2.45) is 0 Å². The molecule has 0 aromatic heterocycles. The van der Waals surface area contributed by atoms with Crippen LogP contribution in [0.2, 0.25) is 0 Å². The summed E-state index contributed by atoms with van der Waals surface area (Å²) in [5, 5.41) is 10.3. The molecule has 1 atom stereocenters. The maximum absolute atomic E-state index is 10.3. The summed E-state index contributed by atoms with van der Waals surface area (Å²) in [6.07, 6.45) is 2.14. The van der Waals surface area contributed by atoms with E-state index in [-0.39, 0.29) is 0 Å². The summed E-state index contributed by atoms with van der Waals surface area (Å²) < 4.78 is 5.52. The maximum atomic E-state index is 10.3. The quantitative estimate of drug-likeness (QED) is 0.940. The van der Waals surface area contributed by atoms with Crippen LogP contribution in [0.5, 0.6) is 0 Å². The molecule has 1 heterocycles. The van der Waals surface area contributed by atoms with Crippen LogP contribution in [-0.2, 0) is 10.3 Å². The summed E-state index contributed by atoms with van der Waals surface area (Å²) in [6.45, 7) is 5.14. The highest BCUT2D eigenvalue weighted by Gasteiger charge is 2.45. The lowest BCUT2D eigenvalue weighted by atomic mass is 9.81. The number of rotatable bonds is 4. The Bertz CT molecular complexity index is 727. The second-order valence-corrected chi connectivity index (χ2v) is 6.18. The van der Waals surface area contributed by atoms with Gasteiger partial charge in [-0.3, -0.25) is 0 Å². The number of nitrogens with one attached hydrogen (secondary N) is 1. The average molecular weight is 319 g/mol. The zero-order valence-corrected chi connectivity index (χ0v) is 14.0. The Kier molecular flexibility index (Phi) is 5.10. The molecule has 3 heteroatoms. The number of nitrogens with zero attached hydrogens (tertiary/aromatic N) is 1. The number of hydrogen-bond acceptors (Lipinski definition) is 2. The van der Waals surface area contributed by atoms with E-state index in [1.807, 2.05) is 36.4 Å². The minimum absolute atomic E-state index is 0.680. The monoisotopic (exact) mass is 319 g/mol. The standard InChI is InChI=1S/C21H22N2O/c1-18(16-19-8-4-2-5-9-19)21(17-22,20-10-6-3-7-11-20)23-12-14-24-15-13-23/h2-11,16H,12-15H2,1H3/p+1/b18-16+/t21-/m1/s1. The SMILES string of the molecule is C/C(=C\c1ccccc1)[C@](C#N)(c1ccccc1)[NH+]1CCOCC1. The van der Waals surface area contributed by atoms with Crippen LogP contribution in [-0.4, -0.2) is 26.3 Å². The first-order valence-electron chi connectivity index (χ1n) is 8.41. The van der Waals surface area contributed by atoms with E-state index in [2.05, 4.69) is 43.3 Å². The van der Waals surface area contributed by atoms with Gasteiger partial charge in [0.2, 0.25) is 5.54 Å². The molecular weight excluding hydrogens is 296 g/mol. The molecule has 1 fully saturated rings. The summed E-state index contributed by atoms with van der Waals surface area (Å²) in [5.74, 6) is 0. The summed E-state index contributed by atoms with van der Waals surface area (Å²) >= 11 is 0. The molecule has 122 valence electrons. The Morgan fingerprint density at radius 2 is 1.62 bits per heavy atom. The molecule has 0 unspecified atom stereocenters. The second-order valence-electron chi connectivity index (χ2n) is 6.18. The molecule has 1 N–H and O–H groups in total. The third kappa shape index (κ3) is 3.12. The van der Waals surface area contributed by atoms with Crippen molar-refractivity contribution in [3.8, 4) is 6.07 Å². The van der Waals surface area contributed by atoms with Crippen molar-refractivity contribution in [3.63, 3.8) is 0 Å². The fourth-order valence-corrected chi connectivity index (χ4v) is 3.53. The smallest absolute Gasteiger partial charge is 0.232 e. The Labute approximate surface area is 143 Å². The first kappa shape index (κ1) is 16.4. The van der Waals surface area contributed by atoms with Gasteiger partial charge in [0.1, 0.15) is 19.2 Å². The molecule has 24 heavy (non-hydrogen) atoms. The van der Waals surface area contributed by atoms with E-state index >= 15 is 0 Å². The van der Waals surface area contributed by atoms with E-state index in [0.717, 1.165) is 29.8 Å². The highest BCUT2D eigenvalue weighted by Crippen LogP contribution is 2.27. The molecule has 0 aliphatic carbocycles. The molecule has 0 spiro atoms. The van der Waals surface area contributed by atoms with Gasteiger partial charge in [-0.2, -0.15) is 5.26 Å². The van der Waals surface area contributed by atoms with Gasteiger partial charge in [-0.25, -0.2) is 0 Å². The minimum atomic E-state index is -0.680. The summed E-state index contributed by atoms with van der Waals surface area (Å²) in [4.78, 5) is 1.26. The van der Waals surface area contributed by atoms with Crippen LogP contribution in [0.1, 0.15) is 18.1 Å². The summed E-state index contributed by atoms with van der Waals surface area (Å²) in [7, 11) is 0. The van der Waals surface area contributed by atoms with E-state index in [9.17, 15) is 5.26 Å². The number of quaternary nitrogens is 1. The van der Waals surface area contributed by atoms with Crippen LogP contribution in [0, 0.1) is 11.3 Å². The van der Waals surface area contributed by atoms with Crippen molar-refractivity contribution in [3.05, 3.63) is 77.4 Å². The van der Waals surface area contributed by atoms with Crippen molar-refractivity contribution < 1.29 is 9.64 Å². The van der Waals surface area contributed by atoms with E-state index in [0.29, 0.717) is 13.2 Å². The molecule has 3 rings (SSSR count). The van der Waals surface area contributed by atoms with Crippen molar-refractivity contribution >= 4 is 6.08 Å². The van der Waals surface area contributed by atoms with E-state index in [4.69, 9.17) is 4.74 Å². The van der Waals surface area contributed by atoms with E-state index in [1.165, 1.54) is 4.90 Å². The van der Waals surface area contributed by atoms with Crippen molar-refractivity contribution in [2.45, 2.75) is 12.5 Å². The number of benzene rings is 2. The van der Waals surface area contributed by atoms with Gasteiger partial charge in [0.05, 0.1) is 13.2 Å². The first-order chi connectivity index (χ1) is 11.8. The Morgan fingerprint density at radius 3 is 2.21 bits per heavy atom. The van der Waals surface area contributed by atoms with Crippen LogP contribution in [0.15, 0.2) is 66.2 Å². The van der Waals surface area contributed by atoms with Gasteiger partial charge in [0, 0.05) is 11.1 Å². The Morgan fingerprint density at radius 1 is 1.04 bits per heavy atom. The van der Waals surface area contributed by atoms with E-state index < -0.39 is 5.54 Å². The van der Waals surface area contributed by atoms with Crippen molar-refractivity contribution in [1.82, 2.24) is 0 Å². The molecule has 0 bridgehead atoms. The van der Waals surface area contributed by atoms with Gasteiger partial charge in [-0.05, 0) is 18.6 Å². The van der Waals surface area contributed by atoms with E-state index in [1.54, 1.807) is 0 Å². The molecule has 1 aliphatic rings. The van der Waals surface area contributed by atoms with Crippen molar-refractivity contribution in [1.29, 1.82) is 5.26 Å². The fourth-order valence-electron chi connectivity index (χ4n) is 3.53. The minimum Gasteiger partial charge on any atom is -0.370 e. The molecule has 1 saturated heterocycles. The van der Waals surface area contributed by atoms with Crippen LogP contribution in [0.25, 0.3) is 6.08 Å². The molecule has 2 aromatic carbocycles. The lowest BCUT2D eigenvalue weighted by Crippen LogP contribution is -3.20. The van der Waals surface area contributed by atoms with Crippen molar-refractivity contribution in [2.75, 3.05) is 26.3 Å².